The van der Waals surface area contributed by atoms with Gasteiger partial charge in [0.05, 0.1) is 0 Å². The lowest BCUT2D eigenvalue weighted by atomic mass is 9.96. The molecule has 0 aliphatic heterocycles. The van der Waals surface area contributed by atoms with E-state index >= 15 is 0 Å². The van der Waals surface area contributed by atoms with Crippen molar-refractivity contribution in [2.75, 3.05) is 0 Å². The van der Waals surface area contributed by atoms with Crippen LogP contribution in [0, 0.1) is 5.92 Å². The van der Waals surface area contributed by atoms with Crippen molar-refractivity contribution < 1.29 is 0 Å². The first-order chi connectivity index (χ1) is 8.93. The predicted octanol–water partition coefficient (Wildman–Crippen LogP) is 6.43. The van der Waals surface area contributed by atoms with Gasteiger partial charge in [-0.15, -0.1) is 6.58 Å². The van der Waals surface area contributed by atoms with Crippen LogP contribution in [-0.2, 0) is 0 Å². The molecule has 0 heteroatoms. The average molecular weight is 248 g/mol. The van der Waals surface area contributed by atoms with E-state index in [2.05, 4.69) is 24.8 Å². The molecule has 104 valence electrons. The topological polar surface area (TPSA) is 0 Å². The van der Waals surface area contributed by atoms with Gasteiger partial charge in [0.1, 0.15) is 0 Å². The van der Waals surface area contributed by atoms with Crippen LogP contribution >= 0.6 is 0 Å². The average Bonchev–Trinajstić information content (AvgIpc) is 2.39. The Morgan fingerprint density at radius 1 is 0.833 bits per heavy atom. The Hall–Kier alpha value is -0.520. The Morgan fingerprint density at radius 3 is 2.00 bits per heavy atom. The molecule has 0 bridgehead atoms. The Kier molecular flexibility index (Phi) is 9.98. The Bertz CT molecular complexity index is 214. The molecule has 0 fully saturated rings. The summed E-state index contributed by atoms with van der Waals surface area (Å²) in [4.78, 5) is 0. The molecule has 0 amide bonds. The van der Waals surface area contributed by atoms with E-state index in [1.807, 2.05) is 0 Å². The third kappa shape index (κ3) is 8.55. The molecule has 0 N–H and O–H groups in total. The molecule has 0 radical (unpaired) electrons. The molecule has 1 atom stereocenters. The zero-order valence-corrected chi connectivity index (χ0v) is 12.2. The van der Waals surface area contributed by atoms with E-state index < -0.39 is 0 Å². The highest BCUT2D eigenvalue weighted by Gasteiger charge is 2.02. The van der Waals surface area contributed by atoms with Gasteiger partial charge < -0.3 is 0 Å². The van der Waals surface area contributed by atoms with Gasteiger partial charge in [0, 0.05) is 0 Å². The molecule has 0 saturated carbocycles. The van der Waals surface area contributed by atoms with Gasteiger partial charge in [-0.25, -0.2) is 0 Å². The number of allylic oxidation sites excluding steroid dienone is 3. The van der Waals surface area contributed by atoms with Crippen molar-refractivity contribution in [3.8, 4) is 0 Å². The molecule has 0 aromatic carbocycles. The number of hydrogen-bond acceptors (Lipinski definition) is 0. The minimum absolute atomic E-state index is 0.757. The summed E-state index contributed by atoms with van der Waals surface area (Å²) in [5.41, 5.74) is 0. The third-order valence-electron chi connectivity index (χ3n) is 4.07. The summed E-state index contributed by atoms with van der Waals surface area (Å²) in [6, 6.07) is 0. The molecular formula is C18H32. The van der Waals surface area contributed by atoms with Crippen molar-refractivity contribution in [3.05, 3.63) is 24.8 Å². The highest BCUT2D eigenvalue weighted by atomic mass is 14.1. The molecular weight excluding hydrogens is 216 g/mol. The molecule has 1 aliphatic rings. The Labute approximate surface area is 115 Å². The van der Waals surface area contributed by atoms with Gasteiger partial charge in [-0.3, -0.25) is 0 Å². The van der Waals surface area contributed by atoms with E-state index in [-0.39, 0.29) is 0 Å². The highest BCUT2D eigenvalue weighted by Crippen LogP contribution is 2.19. The summed E-state index contributed by atoms with van der Waals surface area (Å²) in [6.45, 7) is 3.89. The minimum atomic E-state index is 0.757. The maximum Gasteiger partial charge on any atom is -0.0199 e. The van der Waals surface area contributed by atoms with Gasteiger partial charge in [0.15, 0.2) is 0 Å². The first-order valence-corrected chi connectivity index (χ1v) is 8.21. The molecule has 1 unspecified atom stereocenters. The lowest BCUT2D eigenvalue weighted by Crippen LogP contribution is -1.95. The third-order valence-corrected chi connectivity index (χ3v) is 4.07. The molecule has 0 saturated heterocycles. The van der Waals surface area contributed by atoms with Gasteiger partial charge >= 0.3 is 0 Å². The maximum atomic E-state index is 3.89. The molecule has 0 aromatic rings. The maximum absolute atomic E-state index is 3.89. The van der Waals surface area contributed by atoms with Gasteiger partial charge in [-0.1, -0.05) is 76.0 Å². The second-order valence-electron chi connectivity index (χ2n) is 5.83. The largest absolute Gasteiger partial charge is 0.103 e. The van der Waals surface area contributed by atoms with Crippen molar-refractivity contribution >= 4 is 0 Å². The molecule has 1 rings (SSSR count). The van der Waals surface area contributed by atoms with E-state index in [1.165, 1.54) is 77.0 Å². The van der Waals surface area contributed by atoms with Crippen LogP contribution in [0.2, 0.25) is 0 Å². The second-order valence-corrected chi connectivity index (χ2v) is 5.83. The van der Waals surface area contributed by atoms with Gasteiger partial charge in [-0.2, -0.15) is 0 Å². The van der Waals surface area contributed by atoms with Crippen molar-refractivity contribution in [2.45, 2.75) is 83.5 Å². The summed E-state index contributed by atoms with van der Waals surface area (Å²) in [5.74, 6) is 0.757. The van der Waals surface area contributed by atoms with E-state index in [1.54, 1.807) is 0 Å². The van der Waals surface area contributed by atoms with Crippen molar-refractivity contribution in [1.82, 2.24) is 0 Å². The van der Waals surface area contributed by atoms with Crippen LogP contribution in [0.3, 0.4) is 0 Å². The van der Waals surface area contributed by atoms with E-state index in [0.29, 0.717) is 0 Å². The zero-order chi connectivity index (χ0) is 12.9. The van der Waals surface area contributed by atoms with Crippen LogP contribution in [0.1, 0.15) is 83.5 Å². The Balaban J connectivity index is 2.30. The molecule has 1 aliphatic carbocycles. The standard InChI is InChI=1S/C18H32/c1-2-15-18-16-13-11-9-7-5-3-4-6-8-10-12-14-17-18/h2,13,16,18H,1,3-12,14-15,17H2/b16-13-. The van der Waals surface area contributed by atoms with Crippen LogP contribution in [-0.4, -0.2) is 0 Å². The molecule has 18 heavy (non-hydrogen) atoms. The quantitative estimate of drug-likeness (QED) is 0.494. The summed E-state index contributed by atoms with van der Waals surface area (Å²) < 4.78 is 0. The van der Waals surface area contributed by atoms with Gasteiger partial charge in [-0.05, 0) is 31.6 Å². The highest BCUT2D eigenvalue weighted by molar-refractivity contribution is 4.91. The van der Waals surface area contributed by atoms with E-state index in [0.717, 1.165) is 12.3 Å². The normalized spacial score (nSPS) is 26.8. The van der Waals surface area contributed by atoms with Gasteiger partial charge in [0.2, 0.25) is 0 Å². The molecule has 0 aromatic heterocycles. The van der Waals surface area contributed by atoms with Crippen LogP contribution in [0.15, 0.2) is 24.8 Å². The summed E-state index contributed by atoms with van der Waals surface area (Å²) in [5, 5.41) is 0. The van der Waals surface area contributed by atoms with Crippen LogP contribution in [0.5, 0.6) is 0 Å². The zero-order valence-electron chi connectivity index (χ0n) is 12.2. The predicted molar refractivity (Wildman–Crippen MR) is 82.8 cm³/mol. The monoisotopic (exact) mass is 248 g/mol. The van der Waals surface area contributed by atoms with Crippen LogP contribution in [0.4, 0.5) is 0 Å². The minimum Gasteiger partial charge on any atom is -0.103 e. The molecule has 0 nitrogen and oxygen atoms in total. The van der Waals surface area contributed by atoms with Crippen molar-refractivity contribution in [3.63, 3.8) is 0 Å². The fourth-order valence-corrected chi connectivity index (χ4v) is 2.88. The number of rotatable bonds is 2. The lowest BCUT2D eigenvalue weighted by Gasteiger charge is -2.10. The van der Waals surface area contributed by atoms with Crippen LogP contribution in [0.25, 0.3) is 0 Å². The van der Waals surface area contributed by atoms with Crippen molar-refractivity contribution in [2.24, 2.45) is 5.92 Å². The first kappa shape index (κ1) is 15.5. The smallest absolute Gasteiger partial charge is 0.0199 e. The fraction of sp³-hybridized carbons (Fsp3) is 0.778. The summed E-state index contributed by atoms with van der Waals surface area (Å²) >= 11 is 0. The summed E-state index contributed by atoms with van der Waals surface area (Å²) in [7, 11) is 0. The SMILES string of the molecule is C=CCC1/C=C\CCCCCCCCCCCC1. The fourth-order valence-electron chi connectivity index (χ4n) is 2.88. The lowest BCUT2D eigenvalue weighted by molar-refractivity contribution is 0.514. The van der Waals surface area contributed by atoms with E-state index in [4.69, 9.17) is 0 Å². The molecule has 0 spiro atoms. The van der Waals surface area contributed by atoms with Crippen molar-refractivity contribution in [1.29, 1.82) is 0 Å². The van der Waals surface area contributed by atoms with Crippen LogP contribution < -0.4 is 0 Å². The Morgan fingerprint density at radius 2 is 1.39 bits per heavy atom. The van der Waals surface area contributed by atoms with E-state index in [9.17, 15) is 0 Å². The second kappa shape index (κ2) is 11.6. The van der Waals surface area contributed by atoms with Gasteiger partial charge in [0.25, 0.3) is 0 Å². The first-order valence-electron chi connectivity index (χ1n) is 8.21. The number of hydrogen-bond donors (Lipinski definition) is 0. The summed E-state index contributed by atoms with van der Waals surface area (Å²) in [6.07, 6.45) is 25.2. The molecule has 0 heterocycles.